The Balaban J connectivity index is 1.53. The summed E-state index contributed by atoms with van der Waals surface area (Å²) in [6, 6.07) is 0.271. The van der Waals surface area contributed by atoms with Gasteiger partial charge < -0.3 is 10.1 Å². The summed E-state index contributed by atoms with van der Waals surface area (Å²) in [7, 11) is 0. The lowest BCUT2D eigenvalue weighted by Crippen LogP contribution is -2.39. The van der Waals surface area contributed by atoms with Crippen molar-refractivity contribution in [1.82, 2.24) is 5.32 Å². The van der Waals surface area contributed by atoms with Crippen LogP contribution in [-0.2, 0) is 9.53 Å². The summed E-state index contributed by atoms with van der Waals surface area (Å²) >= 11 is 0. The van der Waals surface area contributed by atoms with E-state index in [9.17, 15) is 4.79 Å². The van der Waals surface area contributed by atoms with Crippen molar-refractivity contribution < 1.29 is 9.53 Å². The van der Waals surface area contributed by atoms with E-state index < -0.39 is 0 Å². The summed E-state index contributed by atoms with van der Waals surface area (Å²) in [5.74, 6) is 0.0712. The van der Waals surface area contributed by atoms with Crippen molar-refractivity contribution in [2.75, 3.05) is 13.2 Å². The quantitative estimate of drug-likeness (QED) is 0.800. The van der Waals surface area contributed by atoms with E-state index in [0.29, 0.717) is 0 Å². The highest BCUT2D eigenvalue weighted by molar-refractivity contribution is 6.01. The van der Waals surface area contributed by atoms with Crippen LogP contribution in [0.25, 0.3) is 0 Å². The van der Waals surface area contributed by atoms with Gasteiger partial charge in [0.25, 0.3) is 5.91 Å². The van der Waals surface area contributed by atoms with Crippen LogP contribution in [0.15, 0.2) is 46.1 Å². The first kappa shape index (κ1) is 10.3. The fraction of sp³-hybridized carbons (Fsp3) is 0.400. The number of ether oxygens (including phenoxy) is 1. The van der Waals surface area contributed by atoms with E-state index in [0.717, 1.165) is 43.6 Å². The Morgan fingerprint density at radius 1 is 1.22 bits per heavy atom. The van der Waals surface area contributed by atoms with Crippen LogP contribution in [0.1, 0.15) is 19.3 Å². The molecule has 1 aliphatic heterocycles. The number of rotatable bonds is 2. The number of hydrogen-bond acceptors (Lipinski definition) is 2. The van der Waals surface area contributed by atoms with Crippen molar-refractivity contribution in [3.63, 3.8) is 0 Å². The van der Waals surface area contributed by atoms with Gasteiger partial charge in [0.1, 0.15) is 0 Å². The maximum atomic E-state index is 12.3. The van der Waals surface area contributed by atoms with E-state index in [1.165, 1.54) is 16.7 Å². The largest absolute Gasteiger partial charge is 0.381 e. The van der Waals surface area contributed by atoms with Gasteiger partial charge in [-0.2, -0.15) is 0 Å². The van der Waals surface area contributed by atoms with Gasteiger partial charge in [0, 0.05) is 24.8 Å². The molecule has 3 nitrogen and oxygen atoms in total. The molecule has 0 aromatic rings. The highest BCUT2D eigenvalue weighted by Crippen LogP contribution is 2.51. The summed E-state index contributed by atoms with van der Waals surface area (Å²) < 4.78 is 5.30. The first-order valence-electron chi connectivity index (χ1n) is 6.58. The van der Waals surface area contributed by atoms with Crippen molar-refractivity contribution in [1.29, 1.82) is 0 Å². The van der Waals surface area contributed by atoms with Gasteiger partial charge in [0.05, 0.1) is 0 Å². The first-order chi connectivity index (χ1) is 8.83. The van der Waals surface area contributed by atoms with E-state index in [-0.39, 0.29) is 11.9 Å². The number of amides is 1. The molecule has 1 saturated carbocycles. The minimum atomic E-state index is 0.0712. The lowest BCUT2D eigenvalue weighted by Gasteiger charge is -2.23. The zero-order chi connectivity index (χ0) is 12.1. The van der Waals surface area contributed by atoms with Gasteiger partial charge in [0.15, 0.2) is 0 Å². The average molecular weight is 241 g/mol. The molecule has 2 fully saturated rings. The summed E-state index contributed by atoms with van der Waals surface area (Å²) in [5, 5.41) is 3.12. The Bertz CT molecular complexity index is 557. The van der Waals surface area contributed by atoms with E-state index in [1.54, 1.807) is 0 Å². The minimum absolute atomic E-state index is 0.0712. The smallest absolute Gasteiger partial charge is 0.252 e. The Morgan fingerprint density at radius 2 is 2.06 bits per heavy atom. The predicted octanol–water partition coefficient (Wildman–Crippen LogP) is 1.79. The van der Waals surface area contributed by atoms with Crippen LogP contribution in [0, 0.1) is 0 Å². The average Bonchev–Trinajstić information content (AvgIpc) is 2.86. The second-order valence-corrected chi connectivity index (χ2v) is 5.26. The molecule has 1 heterocycles. The third-order valence-electron chi connectivity index (χ3n) is 4.07. The van der Waals surface area contributed by atoms with Crippen molar-refractivity contribution >= 4 is 5.91 Å². The maximum Gasteiger partial charge on any atom is 0.252 e. The van der Waals surface area contributed by atoms with Crippen LogP contribution in [-0.4, -0.2) is 25.2 Å². The molecule has 0 aromatic heterocycles. The van der Waals surface area contributed by atoms with E-state index in [1.807, 2.05) is 6.08 Å². The predicted molar refractivity (Wildman–Crippen MR) is 67.9 cm³/mol. The second kappa shape index (κ2) is 3.69. The number of carbonyl (C=O) groups is 1. The zero-order valence-corrected chi connectivity index (χ0v) is 10.2. The highest BCUT2D eigenvalue weighted by Gasteiger charge is 2.35. The molecule has 18 heavy (non-hydrogen) atoms. The van der Waals surface area contributed by atoms with Gasteiger partial charge in [0.2, 0.25) is 0 Å². The molecule has 1 amide bonds. The molecule has 3 heteroatoms. The Hall–Kier alpha value is -1.61. The molecule has 0 unspecified atom stereocenters. The SMILES string of the molecule is O=C(NC1CCOCC1)C1=C2C=C3CC3=C2C=C1. The second-order valence-electron chi connectivity index (χ2n) is 5.26. The first-order valence-corrected chi connectivity index (χ1v) is 6.58. The van der Waals surface area contributed by atoms with Gasteiger partial charge in [-0.05, 0) is 53.7 Å². The Labute approximate surface area is 106 Å². The van der Waals surface area contributed by atoms with Gasteiger partial charge in [-0.1, -0.05) is 6.08 Å². The Morgan fingerprint density at radius 3 is 2.89 bits per heavy atom. The van der Waals surface area contributed by atoms with Gasteiger partial charge >= 0.3 is 0 Å². The van der Waals surface area contributed by atoms with Crippen LogP contribution in [0.3, 0.4) is 0 Å². The lowest BCUT2D eigenvalue weighted by atomic mass is 10.1. The number of fused-ring (bicyclic) bond motifs is 2. The van der Waals surface area contributed by atoms with Gasteiger partial charge in [-0.25, -0.2) is 0 Å². The van der Waals surface area contributed by atoms with Crippen LogP contribution < -0.4 is 5.32 Å². The van der Waals surface area contributed by atoms with Crippen LogP contribution in [0.4, 0.5) is 0 Å². The van der Waals surface area contributed by atoms with Crippen LogP contribution >= 0.6 is 0 Å². The summed E-state index contributed by atoms with van der Waals surface area (Å²) in [6.45, 7) is 1.51. The zero-order valence-electron chi connectivity index (χ0n) is 10.2. The minimum Gasteiger partial charge on any atom is -0.381 e. The summed E-state index contributed by atoms with van der Waals surface area (Å²) in [6.07, 6.45) is 9.18. The molecule has 0 bridgehead atoms. The summed E-state index contributed by atoms with van der Waals surface area (Å²) in [5.41, 5.74) is 6.11. The standard InChI is InChI=1S/C15H15NO2/c17-15(16-10-3-5-18-6-4-10)12-2-1-11-13-7-9(13)8-14(11)12/h1-2,8,10H,3-7H2,(H,16,17). The van der Waals surface area contributed by atoms with Crippen molar-refractivity contribution in [2.24, 2.45) is 0 Å². The molecule has 1 saturated heterocycles. The normalized spacial score (nSPS) is 25.2. The van der Waals surface area contributed by atoms with E-state index >= 15 is 0 Å². The van der Waals surface area contributed by atoms with Crippen LogP contribution in [0.2, 0.25) is 0 Å². The fourth-order valence-corrected chi connectivity index (χ4v) is 2.94. The molecule has 1 N–H and O–H groups in total. The molecular weight excluding hydrogens is 226 g/mol. The summed E-state index contributed by atoms with van der Waals surface area (Å²) in [4.78, 5) is 12.3. The molecule has 4 rings (SSSR count). The lowest BCUT2D eigenvalue weighted by molar-refractivity contribution is -0.118. The molecular formula is C15H15NO2. The third kappa shape index (κ3) is 1.51. The molecule has 92 valence electrons. The third-order valence-corrected chi connectivity index (χ3v) is 4.07. The number of nitrogens with one attached hydrogen (secondary N) is 1. The van der Waals surface area contributed by atoms with Crippen molar-refractivity contribution in [2.45, 2.75) is 25.3 Å². The van der Waals surface area contributed by atoms with E-state index in [2.05, 4.69) is 17.5 Å². The van der Waals surface area contributed by atoms with Crippen LogP contribution in [0.5, 0.6) is 0 Å². The van der Waals surface area contributed by atoms with Crippen molar-refractivity contribution in [3.8, 4) is 0 Å². The molecule has 0 spiro atoms. The van der Waals surface area contributed by atoms with Crippen molar-refractivity contribution in [3.05, 3.63) is 46.1 Å². The van der Waals surface area contributed by atoms with Gasteiger partial charge in [-0.15, -0.1) is 0 Å². The number of allylic oxidation sites excluding steroid dienone is 6. The molecule has 0 atom stereocenters. The topological polar surface area (TPSA) is 38.3 Å². The number of carbonyl (C=O) groups excluding carboxylic acids is 1. The fourth-order valence-electron chi connectivity index (χ4n) is 2.94. The molecule has 3 aliphatic carbocycles. The number of hydrogen-bond donors (Lipinski definition) is 1. The maximum absolute atomic E-state index is 12.3. The van der Waals surface area contributed by atoms with E-state index in [4.69, 9.17) is 4.74 Å². The van der Waals surface area contributed by atoms with Gasteiger partial charge in [-0.3, -0.25) is 4.79 Å². The monoisotopic (exact) mass is 241 g/mol. The molecule has 0 radical (unpaired) electrons. The highest BCUT2D eigenvalue weighted by atomic mass is 16.5. The molecule has 4 aliphatic rings. The molecule has 0 aromatic carbocycles. The Kier molecular flexibility index (Phi) is 2.12.